The maximum Gasteiger partial charge on any atom is 0.255 e. The highest BCUT2D eigenvalue weighted by atomic mass is 16.1. The zero-order valence-corrected chi connectivity index (χ0v) is 18.8. The molecule has 1 saturated heterocycles. The van der Waals surface area contributed by atoms with E-state index in [4.69, 9.17) is 0 Å². The van der Waals surface area contributed by atoms with Crippen molar-refractivity contribution in [2.75, 3.05) is 23.3 Å². The summed E-state index contributed by atoms with van der Waals surface area (Å²) in [5, 5.41) is 14.0. The van der Waals surface area contributed by atoms with Gasteiger partial charge in [0.2, 0.25) is 0 Å². The highest BCUT2D eigenvalue weighted by Crippen LogP contribution is 2.24. The van der Waals surface area contributed by atoms with Crippen molar-refractivity contribution in [1.82, 2.24) is 25.5 Å². The summed E-state index contributed by atoms with van der Waals surface area (Å²) in [4.78, 5) is 23.4. The third-order valence-electron chi connectivity index (χ3n) is 6.03. The first-order chi connectivity index (χ1) is 16.7. The van der Waals surface area contributed by atoms with Gasteiger partial charge in [-0.25, -0.2) is 4.98 Å². The predicted octanol–water partition coefficient (Wildman–Crippen LogP) is 3.88. The average Bonchev–Trinajstić information content (AvgIpc) is 3.38. The first-order valence-electron chi connectivity index (χ1n) is 11.5. The van der Waals surface area contributed by atoms with E-state index in [2.05, 4.69) is 41.8 Å². The zero-order valence-electron chi connectivity index (χ0n) is 18.8. The number of nitrogens with one attached hydrogen (secondary N) is 3. The molecule has 0 saturated carbocycles. The Hall–Kier alpha value is -4.04. The number of nitrogens with zero attached hydrogens (tertiary/aromatic N) is 4. The number of hydrogen-bond donors (Lipinski definition) is 3. The summed E-state index contributed by atoms with van der Waals surface area (Å²) in [7, 11) is 0. The number of amides is 1. The fourth-order valence-corrected chi connectivity index (χ4v) is 4.16. The van der Waals surface area contributed by atoms with Gasteiger partial charge >= 0.3 is 0 Å². The highest BCUT2D eigenvalue weighted by Gasteiger charge is 2.20. The van der Waals surface area contributed by atoms with Gasteiger partial charge < -0.3 is 15.5 Å². The van der Waals surface area contributed by atoms with E-state index < -0.39 is 0 Å². The summed E-state index contributed by atoms with van der Waals surface area (Å²) >= 11 is 0. The summed E-state index contributed by atoms with van der Waals surface area (Å²) in [5.74, 6) is 1.44. The fraction of sp³-hybridized carbons (Fsp3) is 0.231. The van der Waals surface area contributed by atoms with Gasteiger partial charge in [0, 0.05) is 54.0 Å². The van der Waals surface area contributed by atoms with Gasteiger partial charge in [-0.3, -0.25) is 14.9 Å². The molecule has 1 aliphatic heterocycles. The van der Waals surface area contributed by atoms with Gasteiger partial charge in [-0.2, -0.15) is 5.10 Å². The highest BCUT2D eigenvalue weighted by molar-refractivity contribution is 6.04. The predicted molar refractivity (Wildman–Crippen MR) is 133 cm³/mol. The molecule has 3 heterocycles. The lowest BCUT2D eigenvalue weighted by atomic mass is 10.0. The third-order valence-corrected chi connectivity index (χ3v) is 6.03. The lowest BCUT2D eigenvalue weighted by Gasteiger charge is -2.34. The number of anilines is 2. The van der Waals surface area contributed by atoms with Crippen molar-refractivity contribution in [3.05, 3.63) is 90.5 Å². The van der Waals surface area contributed by atoms with E-state index in [1.165, 1.54) is 0 Å². The molecule has 3 N–H and O–H groups in total. The number of carbonyl (C=O) groups excluding carboxylic acids is 1. The molecule has 4 aromatic rings. The molecule has 0 aliphatic carbocycles. The summed E-state index contributed by atoms with van der Waals surface area (Å²) in [5.41, 5.74) is 3.51. The maximum atomic E-state index is 12.4. The minimum Gasteiger partial charge on any atom is -0.371 e. The Bertz CT molecular complexity index is 1220. The molecule has 1 aliphatic rings. The van der Waals surface area contributed by atoms with E-state index in [0.717, 1.165) is 54.5 Å². The lowest BCUT2D eigenvalue weighted by molar-refractivity contribution is 0.102. The Labute approximate surface area is 198 Å². The van der Waals surface area contributed by atoms with Gasteiger partial charge in [0.15, 0.2) is 5.82 Å². The van der Waals surface area contributed by atoms with Gasteiger partial charge in [0.1, 0.15) is 5.82 Å². The Morgan fingerprint density at radius 1 is 1.00 bits per heavy atom. The molecule has 1 amide bonds. The molecule has 0 spiro atoms. The van der Waals surface area contributed by atoms with Crippen LogP contribution in [-0.2, 0) is 6.54 Å². The summed E-state index contributed by atoms with van der Waals surface area (Å²) in [6.45, 7) is 2.57. The number of rotatable bonds is 7. The molecule has 2 aromatic carbocycles. The van der Waals surface area contributed by atoms with E-state index >= 15 is 0 Å². The largest absolute Gasteiger partial charge is 0.371 e. The van der Waals surface area contributed by atoms with Crippen LogP contribution in [0, 0.1) is 0 Å². The van der Waals surface area contributed by atoms with Gasteiger partial charge in [-0.05, 0) is 43.2 Å². The first kappa shape index (κ1) is 21.8. The monoisotopic (exact) mass is 453 g/mol. The number of aromatic nitrogens is 4. The fourth-order valence-electron chi connectivity index (χ4n) is 4.16. The second kappa shape index (κ2) is 10.3. The SMILES string of the molecule is O=C(Nc1cccc(N2CCC(NCc3nc(-c4ccccc4)n[nH]3)CC2)c1)c1ccncc1. The van der Waals surface area contributed by atoms with E-state index in [1.807, 2.05) is 48.5 Å². The zero-order chi connectivity index (χ0) is 23.2. The minimum atomic E-state index is -0.134. The van der Waals surface area contributed by atoms with Crippen LogP contribution in [0.15, 0.2) is 79.1 Å². The molecular formula is C26H27N7O. The van der Waals surface area contributed by atoms with Crippen molar-refractivity contribution < 1.29 is 4.79 Å². The molecule has 172 valence electrons. The molecular weight excluding hydrogens is 426 g/mol. The third kappa shape index (κ3) is 5.29. The van der Waals surface area contributed by atoms with Gasteiger partial charge in [-0.15, -0.1) is 0 Å². The van der Waals surface area contributed by atoms with Crippen molar-refractivity contribution in [3.8, 4) is 11.4 Å². The van der Waals surface area contributed by atoms with Crippen molar-refractivity contribution >= 4 is 17.3 Å². The van der Waals surface area contributed by atoms with Crippen LogP contribution in [0.5, 0.6) is 0 Å². The number of carbonyl (C=O) groups is 1. The Kier molecular flexibility index (Phi) is 6.58. The molecule has 0 radical (unpaired) electrons. The second-order valence-electron chi connectivity index (χ2n) is 8.35. The van der Waals surface area contributed by atoms with E-state index in [0.29, 0.717) is 18.2 Å². The molecule has 34 heavy (non-hydrogen) atoms. The summed E-state index contributed by atoms with van der Waals surface area (Å²) < 4.78 is 0. The van der Waals surface area contributed by atoms with Crippen molar-refractivity contribution in [2.24, 2.45) is 0 Å². The number of aromatic amines is 1. The van der Waals surface area contributed by atoms with Crippen molar-refractivity contribution in [3.63, 3.8) is 0 Å². The van der Waals surface area contributed by atoms with E-state index in [9.17, 15) is 4.79 Å². The van der Waals surface area contributed by atoms with Crippen molar-refractivity contribution in [2.45, 2.75) is 25.4 Å². The van der Waals surface area contributed by atoms with Gasteiger partial charge in [0.05, 0.1) is 6.54 Å². The normalized spacial score (nSPS) is 14.2. The van der Waals surface area contributed by atoms with Crippen LogP contribution in [0.4, 0.5) is 11.4 Å². The van der Waals surface area contributed by atoms with Crippen LogP contribution in [0.3, 0.4) is 0 Å². The lowest BCUT2D eigenvalue weighted by Crippen LogP contribution is -2.42. The minimum absolute atomic E-state index is 0.134. The molecule has 5 rings (SSSR count). The van der Waals surface area contributed by atoms with Crippen LogP contribution in [-0.4, -0.2) is 45.2 Å². The number of pyridine rings is 1. The first-order valence-corrected chi connectivity index (χ1v) is 11.5. The van der Waals surface area contributed by atoms with Gasteiger partial charge in [-0.1, -0.05) is 36.4 Å². The summed E-state index contributed by atoms with van der Waals surface area (Å²) in [6.07, 6.45) is 5.31. The summed E-state index contributed by atoms with van der Waals surface area (Å²) in [6, 6.07) is 21.8. The molecule has 0 bridgehead atoms. The molecule has 0 atom stereocenters. The van der Waals surface area contributed by atoms with Crippen molar-refractivity contribution in [1.29, 1.82) is 0 Å². The Morgan fingerprint density at radius 3 is 2.59 bits per heavy atom. The van der Waals surface area contributed by atoms with E-state index in [1.54, 1.807) is 24.5 Å². The second-order valence-corrected chi connectivity index (χ2v) is 8.35. The van der Waals surface area contributed by atoms with Crippen LogP contribution >= 0.6 is 0 Å². The smallest absolute Gasteiger partial charge is 0.255 e. The van der Waals surface area contributed by atoms with E-state index in [-0.39, 0.29) is 5.91 Å². The molecule has 1 fully saturated rings. The Balaban J connectivity index is 1.12. The quantitative estimate of drug-likeness (QED) is 0.393. The molecule has 0 unspecified atom stereocenters. The number of benzene rings is 2. The standard InChI is InChI=1S/C26H27N7O/c34-26(20-9-13-27-14-10-20)29-22-7-4-8-23(17-22)33-15-11-21(12-16-33)28-18-24-30-25(32-31-24)19-5-2-1-3-6-19/h1-10,13-14,17,21,28H,11-12,15-16,18H2,(H,29,34)(H,30,31,32). The number of hydrogen-bond acceptors (Lipinski definition) is 6. The maximum absolute atomic E-state index is 12.4. The average molecular weight is 454 g/mol. The van der Waals surface area contributed by atoms with Crippen LogP contribution in [0.2, 0.25) is 0 Å². The topological polar surface area (TPSA) is 98.8 Å². The van der Waals surface area contributed by atoms with Crippen LogP contribution < -0.4 is 15.5 Å². The number of H-pyrrole nitrogens is 1. The van der Waals surface area contributed by atoms with Crippen LogP contribution in [0.1, 0.15) is 29.0 Å². The van der Waals surface area contributed by atoms with Crippen LogP contribution in [0.25, 0.3) is 11.4 Å². The molecule has 8 heteroatoms. The van der Waals surface area contributed by atoms with Gasteiger partial charge in [0.25, 0.3) is 5.91 Å². The Morgan fingerprint density at radius 2 is 1.79 bits per heavy atom. The number of piperidine rings is 1. The molecule has 8 nitrogen and oxygen atoms in total. The molecule has 2 aromatic heterocycles.